The third-order valence-corrected chi connectivity index (χ3v) is 5.34. The molecule has 0 radical (unpaired) electrons. The lowest BCUT2D eigenvalue weighted by Gasteiger charge is -2.33. The topological polar surface area (TPSA) is 67.9 Å². The summed E-state index contributed by atoms with van der Waals surface area (Å²) in [6, 6.07) is 11.0. The summed E-state index contributed by atoms with van der Waals surface area (Å²) >= 11 is 5.93. The molecule has 1 saturated heterocycles. The second-order valence-corrected chi connectivity index (χ2v) is 9.27. The van der Waals surface area contributed by atoms with E-state index in [4.69, 9.17) is 21.1 Å². The van der Waals surface area contributed by atoms with Crippen molar-refractivity contribution in [3.63, 3.8) is 0 Å². The van der Waals surface area contributed by atoms with Crippen molar-refractivity contribution in [2.24, 2.45) is 5.92 Å². The van der Waals surface area contributed by atoms with Crippen LogP contribution in [0.25, 0.3) is 11.1 Å². The highest BCUT2D eigenvalue weighted by molar-refractivity contribution is 6.30. The summed E-state index contributed by atoms with van der Waals surface area (Å²) in [6.07, 6.45) is 0.514. The van der Waals surface area contributed by atoms with Crippen molar-refractivity contribution in [2.75, 3.05) is 25.0 Å². The lowest BCUT2D eigenvalue weighted by molar-refractivity contribution is 0.0153. The number of benzene rings is 2. The number of hydrogen-bond donors (Lipinski definition) is 1. The molecule has 1 fully saturated rings. The Labute approximate surface area is 192 Å². The lowest BCUT2D eigenvalue weighted by Crippen LogP contribution is -2.42. The van der Waals surface area contributed by atoms with E-state index < -0.39 is 17.5 Å². The van der Waals surface area contributed by atoms with Crippen LogP contribution in [0, 0.1) is 11.7 Å². The number of carbonyl (C=O) groups excluding carboxylic acids is 2. The van der Waals surface area contributed by atoms with Crippen molar-refractivity contribution in [1.29, 1.82) is 0 Å². The number of hydrogen-bond acceptors (Lipinski definition) is 4. The molecule has 2 aromatic rings. The molecule has 0 spiro atoms. The zero-order chi connectivity index (χ0) is 23.3. The first kappa shape index (κ1) is 23.9. The Kier molecular flexibility index (Phi) is 7.61. The first-order valence-electron chi connectivity index (χ1n) is 10.6. The van der Waals surface area contributed by atoms with E-state index in [1.54, 1.807) is 29.2 Å². The van der Waals surface area contributed by atoms with Crippen molar-refractivity contribution in [3.8, 4) is 11.1 Å². The number of carbonyl (C=O) groups is 2. The van der Waals surface area contributed by atoms with Crippen LogP contribution >= 0.6 is 11.6 Å². The molecule has 0 aliphatic carbocycles. The van der Waals surface area contributed by atoms with Crippen molar-refractivity contribution >= 4 is 29.5 Å². The predicted octanol–water partition coefficient (Wildman–Crippen LogP) is 6.34. The van der Waals surface area contributed by atoms with Gasteiger partial charge < -0.3 is 14.4 Å². The molecular formula is C24H28ClFN2O4. The molecule has 0 saturated carbocycles. The van der Waals surface area contributed by atoms with Crippen LogP contribution in [0.1, 0.15) is 33.6 Å². The lowest BCUT2D eigenvalue weighted by atomic mass is 9.98. The number of piperidine rings is 1. The molecule has 172 valence electrons. The van der Waals surface area contributed by atoms with Gasteiger partial charge in [-0.3, -0.25) is 5.32 Å². The fraction of sp³-hybridized carbons (Fsp3) is 0.417. The molecule has 6 nitrogen and oxygen atoms in total. The summed E-state index contributed by atoms with van der Waals surface area (Å²) in [6.45, 7) is 6.87. The zero-order valence-corrected chi connectivity index (χ0v) is 19.2. The van der Waals surface area contributed by atoms with Crippen molar-refractivity contribution in [2.45, 2.75) is 39.2 Å². The van der Waals surface area contributed by atoms with Gasteiger partial charge in [-0.25, -0.2) is 14.0 Å². The minimum absolute atomic E-state index is 0.156. The maximum Gasteiger partial charge on any atom is 0.411 e. The Bertz CT molecular complexity index is 951. The van der Waals surface area contributed by atoms with Crippen LogP contribution in [-0.2, 0) is 9.47 Å². The summed E-state index contributed by atoms with van der Waals surface area (Å²) in [5.74, 6) is -0.256. The number of nitrogens with one attached hydrogen (secondary N) is 1. The largest absolute Gasteiger partial charge is 0.449 e. The van der Waals surface area contributed by atoms with Gasteiger partial charge in [0.2, 0.25) is 0 Å². The van der Waals surface area contributed by atoms with Gasteiger partial charge >= 0.3 is 12.2 Å². The Morgan fingerprint density at radius 3 is 2.41 bits per heavy atom. The fourth-order valence-corrected chi connectivity index (χ4v) is 3.57. The van der Waals surface area contributed by atoms with Crippen LogP contribution in [0.2, 0.25) is 5.02 Å². The van der Waals surface area contributed by atoms with E-state index in [1.165, 1.54) is 18.2 Å². The van der Waals surface area contributed by atoms with Crippen LogP contribution in [0.5, 0.6) is 0 Å². The summed E-state index contributed by atoms with van der Waals surface area (Å²) in [7, 11) is 0. The molecule has 1 heterocycles. The third kappa shape index (κ3) is 6.85. The Morgan fingerprint density at radius 1 is 1.12 bits per heavy atom. The number of rotatable bonds is 4. The van der Waals surface area contributed by atoms with Crippen LogP contribution in [-0.4, -0.2) is 42.4 Å². The molecule has 3 rings (SSSR count). The maximum absolute atomic E-state index is 13.8. The molecule has 32 heavy (non-hydrogen) atoms. The number of anilines is 1. The van der Waals surface area contributed by atoms with Crippen LogP contribution < -0.4 is 5.32 Å². The van der Waals surface area contributed by atoms with Crippen LogP contribution in [0.4, 0.5) is 19.7 Å². The normalized spacial score (nSPS) is 14.7. The third-order valence-electron chi connectivity index (χ3n) is 5.09. The van der Waals surface area contributed by atoms with E-state index in [0.717, 1.165) is 18.4 Å². The zero-order valence-electron chi connectivity index (χ0n) is 18.5. The summed E-state index contributed by atoms with van der Waals surface area (Å²) < 4.78 is 24.6. The molecule has 1 aliphatic heterocycles. The van der Waals surface area contributed by atoms with Crippen molar-refractivity contribution < 1.29 is 23.5 Å². The van der Waals surface area contributed by atoms with Crippen molar-refractivity contribution in [3.05, 3.63) is 53.3 Å². The summed E-state index contributed by atoms with van der Waals surface area (Å²) in [4.78, 5) is 26.2. The van der Waals surface area contributed by atoms with Gasteiger partial charge in [0.25, 0.3) is 0 Å². The molecule has 2 aromatic carbocycles. The second kappa shape index (κ2) is 10.2. The van der Waals surface area contributed by atoms with Gasteiger partial charge in [-0.1, -0.05) is 23.7 Å². The number of amides is 2. The first-order valence-corrected chi connectivity index (χ1v) is 11.0. The van der Waals surface area contributed by atoms with Gasteiger partial charge in [-0.2, -0.15) is 0 Å². The van der Waals surface area contributed by atoms with E-state index in [0.29, 0.717) is 29.4 Å². The average molecular weight is 463 g/mol. The first-order chi connectivity index (χ1) is 15.1. The highest BCUT2D eigenvalue weighted by atomic mass is 35.5. The molecule has 0 unspecified atom stereocenters. The summed E-state index contributed by atoms with van der Waals surface area (Å²) in [5, 5.41) is 3.26. The van der Waals surface area contributed by atoms with Crippen LogP contribution in [0.3, 0.4) is 0 Å². The van der Waals surface area contributed by atoms with E-state index >= 15 is 0 Å². The van der Waals surface area contributed by atoms with Gasteiger partial charge in [0, 0.05) is 23.7 Å². The quantitative estimate of drug-likeness (QED) is 0.575. The highest BCUT2D eigenvalue weighted by Crippen LogP contribution is 2.30. The summed E-state index contributed by atoms with van der Waals surface area (Å²) in [5.41, 5.74) is 1.17. The number of halogens is 2. The van der Waals surface area contributed by atoms with Gasteiger partial charge in [0.05, 0.1) is 12.3 Å². The number of ether oxygens (including phenoxy) is 2. The maximum atomic E-state index is 13.8. The molecule has 0 aromatic heterocycles. The molecule has 8 heteroatoms. The number of nitrogens with zero attached hydrogens (tertiary/aromatic N) is 1. The van der Waals surface area contributed by atoms with Crippen molar-refractivity contribution in [1.82, 2.24) is 4.90 Å². The Hall–Kier alpha value is -2.80. The average Bonchev–Trinajstić information content (AvgIpc) is 2.73. The van der Waals surface area contributed by atoms with E-state index in [2.05, 4.69) is 5.32 Å². The molecule has 1 N–H and O–H groups in total. The van der Waals surface area contributed by atoms with Gasteiger partial charge in [0.1, 0.15) is 11.4 Å². The standard InChI is InChI=1S/C24H28ClFN2O4/c1-24(2,3)32-23(30)28-12-10-16(11-13-28)15-31-22(29)27-21-9-8-19(26)14-20(21)17-4-6-18(25)7-5-17/h4-9,14,16H,10-13,15H2,1-3H3,(H,27,29). The second-order valence-electron chi connectivity index (χ2n) is 8.83. The van der Waals surface area contributed by atoms with Gasteiger partial charge in [-0.15, -0.1) is 0 Å². The Morgan fingerprint density at radius 2 is 1.78 bits per heavy atom. The Balaban J connectivity index is 1.52. The van der Waals surface area contributed by atoms with Crippen LogP contribution in [0.15, 0.2) is 42.5 Å². The molecule has 2 amide bonds. The van der Waals surface area contributed by atoms with Gasteiger partial charge in [0.15, 0.2) is 0 Å². The monoisotopic (exact) mass is 462 g/mol. The SMILES string of the molecule is CC(C)(C)OC(=O)N1CCC(COC(=O)Nc2ccc(F)cc2-c2ccc(Cl)cc2)CC1. The van der Waals surface area contributed by atoms with Gasteiger partial charge in [-0.05, 0) is 75.4 Å². The molecule has 1 aliphatic rings. The number of likely N-dealkylation sites (tertiary alicyclic amines) is 1. The molecule has 0 atom stereocenters. The minimum atomic E-state index is -0.610. The molecule has 0 bridgehead atoms. The predicted molar refractivity (Wildman–Crippen MR) is 122 cm³/mol. The van der Waals surface area contributed by atoms with E-state index in [1.807, 2.05) is 20.8 Å². The van der Waals surface area contributed by atoms with E-state index in [-0.39, 0.29) is 18.6 Å². The minimum Gasteiger partial charge on any atom is -0.449 e. The van der Waals surface area contributed by atoms with E-state index in [9.17, 15) is 14.0 Å². The fourth-order valence-electron chi connectivity index (χ4n) is 3.44. The smallest absolute Gasteiger partial charge is 0.411 e. The highest BCUT2D eigenvalue weighted by Gasteiger charge is 2.27. The molecular weight excluding hydrogens is 435 g/mol.